The third-order valence-corrected chi connectivity index (χ3v) is 5.63. The van der Waals surface area contributed by atoms with Crippen LogP contribution in [-0.2, 0) is 11.3 Å². The standard InChI is InChI=1S/C16H25N3OS/c1-10-8-19(9-11(2)20-10)16-18-15(12-3-4-12)14(21-16)7-17-13-5-6-13/h10-13,17H,3-9H2,1-2H3. The molecule has 1 aromatic heterocycles. The lowest BCUT2D eigenvalue weighted by molar-refractivity contribution is -0.00523. The van der Waals surface area contributed by atoms with Crippen molar-refractivity contribution in [1.82, 2.24) is 10.3 Å². The molecule has 2 saturated carbocycles. The van der Waals surface area contributed by atoms with Crippen LogP contribution in [0.4, 0.5) is 5.13 Å². The van der Waals surface area contributed by atoms with Crippen LogP contribution in [0.15, 0.2) is 0 Å². The maximum absolute atomic E-state index is 5.84. The van der Waals surface area contributed by atoms with Gasteiger partial charge in [-0.25, -0.2) is 4.98 Å². The summed E-state index contributed by atoms with van der Waals surface area (Å²) in [6.07, 6.45) is 5.96. The molecule has 3 fully saturated rings. The molecule has 0 bridgehead atoms. The number of hydrogen-bond donors (Lipinski definition) is 1. The quantitative estimate of drug-likeness (QED) is 0.907. The summed E-state index contributed by atoms with van der Waals surface area (Å²) in [4.78, 5) is 8.92. The van der Waals surface area contributed by atoms with E-state index in [4.69, 9.17) is 9.72 Å². The number of rotatable bonds is 5. The summed E-state index contributed by atoms with van der Waals surface area (Å²) in [6, 6.07) is 0.769. The summed E-state index contributed by atoms with van der Waals surface area (Å²) < 4.78 is 5.84. The Morgan fingerprint density at radius 1 is 1.19 bits per heavy atom. The molecule has 2 unspecified atom stereocenters. The highest BCUT2D eigenvalue weighted by Gasteiger charge is 2.32. The van der Waals surface area contributed by atoms with Crippen LogP contribution < -0.4 is 10.2 Å². The summed E-state index contributed by atoms with van der Waals surface area (Å²) in [5, 5.41) is 4.87. The topological polar surface area (TPSA) is 37.4 Å². The second-order valence-electron chi connectivity index (χ2n) is 6.90. The molecule has 0 amide bonds. The van der Waals surface area contributed by atoms with Gasteiger partial charge >= 0.3 is 0 Å². The lowest BCUT2D eigenvalue weighted by Gasteiger charge is -2.35. The van der Waals surface area contributed by atoms with Crippen molar-refractivity contribution in [1.29, 1.82) is 0 Å². The molecule has 4 rings (SSSR count). The van der Waals surface area contributed by atoms with Gasteiger partial charge in [-0.05, 0) is 39.5 Å². The predicted octanol–water partition coefficient (Wildman–Crippen LogP) is 2.89. The summed E-state index contributed by atoms with van der Waals surface area (Å²) in [7, 11) is 0. The highest BCUT2D eigenvalue weighted by Crippen LogP contribution is 2.44. The first-order valence-electron chi connectivity index (χ1n) is 8.32. The largest absolute Gasteiger partial charge is 0.372 e. The van der Waals surface area contributed by atoms with Crippen LogP contribution in [0.2, 0.25) is 0 Å². The van der Waals surface area contributed by atoms with Crippen molar-refractivity contribution in [3.8, 4) is 0 Å². The van der Waals surface area contributed by atoms with Crippen molar-refractivity contribution in [3.05, 3.63) is 10.6 Å². The second-order valence-corrected chi connectivity index (χ2v) is 7.96. The number of ether oxygens (including phenoxy) is 1. The average Bonchev–Trinajstić information content (AvgIpc) is 3.34. The first-order chi connectivity index (χ1) is 10.2. The molecule has 2 aliphatic carbocycles. The minimum absolute atomic E-state index is 0.301. The molecule has 1 aliphatic heterocycles. The van der Waals surface area contributed by atoms with E-state index in [0.29, 0.717) is 12.2 Å². The molecule has 2 heterocycles. The molecule has 116 valence electrons. The van der Waals surface area contributed by atoms with Crippen molar-refractivity contribution >= 4 is 16.5 Å². The molecule has 4 nitrogen and oxygen atoms in total. The van der Waals surface area contributed by atoms with Gasteiger partial charge in [-0.3, -0.25) is 0 Å². The highest BCUT2D eigenvalue weighted by molar-refractivity contribution is 7.15. The Morgan fingerprint density at radius 3 is 2.52 bits per heavy atom. The Labute approximate surface area is 130 Å². The summed E-state index contributed by atoms with van der Waals surface area (Å²) in [6.45, 7) is 7.28. The maximum Gasteiger partial charge on any atom is 0.186 e. The molecule has 1 aromatic rings. The third-order valence-electron chi connectivity index (χ3n) is 4.50. The molecule has 2 atom stereocenters. The van der Waals surface area contributed by atoms with E-state index in [9.17, 15) is 0 Å². The van der Waals surface area contributed by atoms with E-state index < -0.39 is 0 Å². The van der Waals surface area contributed by atoms with E-state index in [-0.39, 0.29) is 0 Å². The van der Waals surface area contributed by atoms with Crippen LogP contribution in [0.25, 0.3) is 0 Å². The molecule has 0 aromatic carbocycles. The first kappa shape index (κ1) is 14.0. The van der Waals surface area contributed by atoms with Gasteiger partial charge in [0.15, 0.2) is 5.13 Å². The number of anilines is 1. The molecule has 3 aliphatic rings. The van der Waals surface area contributed by atoms with Crippen LogP contribution in [0.1, 0.15) is 56.0 Å². The molecule has 1 saturated heterocycles. The van der Waals surface area contributed by atoms with E-state index in [0.717, 1.165) is 31.6 Å². The molecular formula is C16H25N3OS. The number of thiazole rings is 1. The molecular weight excluding hydrogens is 282 g/mol. The lowest BCUT2D eigenvalue weighted by Crippen LogP contribution is -2.45. The van der Waals surface area contributed by atoms with Gasteiger partial charge in [0.05, 0.1) is 17.9 Å². The van der Waals surface area contributed by atoms with Gasteiger partial charge in [0.25, 0.3) is 0 Å². The molecule has 21 heavy (non-hydrogen) atoms. The minimum atomic E-state index is 0.301. The Bertz CT molecular complexity index is 500. The first-order valence-corrected chi connectivity index (χ1v) is 9.14. The van der Waals surface area contributed by atoms with Crippen molar-refractivity contribution in [2.45, 2.75) is 70.2 Å². The lowest BCUT2D eigenvalue weighted by atomic mass is 10.2. The Morgan fingerprint density at radius 2 is 1.90 bits per heavy atom. The zero-order valence-corrected chi connectivity index (χ0v) is 13.8. The molecule has 5 heteroatoms. The minimum Gasteiger partial charge on any atom is -0.372 e. The van der Waals surface area contributed by atoms with Gasteiger partial charge in [-0.1, -0.05) is 0 Å². The van der Waals surface area contributed by atoms with Gasteiger partial charge in [-0.15, -0.1) is 11.3 Å². The van der Waals surface area contributed by atoms with E-state index in [1.54, 1.807) is 0 Å². The van der Waals surface area contributed by atoms with Gasteiger partial charge in [0.2, 0.25) is 0 Å². The number of hydrogen-bond acceptors (Lipinski definition) is 5. The Hall–Kier alpha value is -0.650. The van der Waals surface area contributed by atoms with Crippen LogP contribution in [0.5, 0.6) is 0 Å². The zero-order chi connectivity index (χ0) is 14.4. The normalized spacial score (nSPS) is 29.9. The van der Waals surface area contributed by atoms with Crippen LogP contribution >= 0.6 is 11.3 Å². The highest BCUT2D eigenvalue weighted by atomic mass is 32.1. The third kappa shape index (κ3) is 3.25. The van der Waals surface area contributed by atoms with Crippen molar-refractivity contribution < 1.29 is 4.74 Å². The SMILES string of the molecule is CC1CN(c2nc(C3CC3)c(CNC3CC3)s2)CC(C)O1. The van der Waals surface area contributed by atoms with E-state index >= 15 is 0 Å². The zero-order valence-electron chi connectivity index (χ0n) is 13.0. The van der Waals surface area contributed by atoms with Gasteiger partial charge in [-0.2, -0.15) is 0 Å². The summed E-state index contributed by atoms with van der Waals surface area (Å²) in [5.41, 5.74) is 1.38. The van der Waals surface area contributed by atoms with Gasteiger partial charge in [0.1, 0.15) is 0 Å². The number of aromatic nitrogens is 1. The summed E-state index contributed by atoms with van der Waals surface area (Å²) >= 11 is 1.90. The van der Waals surface area contributed by atoms with Gasteiger partial charge in [0, 0.05) is 36.5 Å². The van der Waals surface area contributed by atoms with Crippen molar-refractivity contribution in [3.63, 3.8) is 0 Å². The number of morpholine rings is 1. The number of nitrogens with one attached hydrogen (secondary N) is 1. The fraction of sp³-hybridized carbons (Fsp3) is 0.812. The Kier molecular flexibility index (Phi) is 3.67. The predicted molar refractivity (Wildman–Crippen MR) is 86.2 cm³/mol. The average molecular weight is 307 g/mol. The van der Waals surface area contributed by atoms with E-state index in [1.807, 2.05) is 11.3 Å². The smallest absolute Gasteiger partial charge is 0.186 e. The van der Waals surface area contributed by atoms with Crippen LogP contribution in [-0.4, -0.2) is 36.3 Å². The molecule has 0 spiro atoms. The Balaban J connectivity index is 1.52. The van der Waals surface area contributed by atoms with Crippen LogP contribution in [0.3, 0.4) is 0 Å². The van der Waals surface area contributed by atoms with Gasteiger partial charge < -0.3 is 15.0 Å². The summed E-state index contributed by atoms with van der Waals surface area (Å²) in [5.74, 6) is 0.738. The van der Waals surface area contributed by atoms with Crippen LogP contribution in [0, 0.1) is 0 Å². The fourth-order valence-corrected chi connectivity index (χ4v) is 4.26. The molecule has 0 radical (unpaired) electrons. The number of nitrogens with zero attached hydrogens (tertiary/aromatic N) is 2. The van der Waals surface area contributed by atoms with Crippen molar-refractivity contribution in [2.24, 2.45) is 0 Å². The van der Waals surface area contributed by atoms with E-state index in [2.05, 4.69) is 24.1 Å². The van der Waals surface area contributed by atoms with Crippen molar-refractivity contribution in [2.75, 3.05) is 18.0 Å². The maximum atomic E-state index is 5.84. The second kappa shape index (κ2) is 5.52. The molecule has 1 N–H and O–H groups in total. The van der Waals surface area contributed by atoms with E-state index in [1.165, 1.54) is 41.4 Å². The monoisotopic (exact) mass is 307 g/mol. The fourth-order valence-electron chi connectivity index (χ4n) is 3.15.